The monoisotopic (exact) mass is 168 g/mol. The number of rotatable bonds is 2. The maximum Gasteiger partial charge on any atom is 0.309 e. The van der Waals surface area contributed by atoms with E-state index in [0.717, 1.165) is 12.8 Å². The van der Waals surface area contributed by atoms with Gasteiger partial charge in [-0.05, 0) is 18.3 Å². The van der Waals surface area contributed by atoms with Crippen molar-refractivity contribution in [1.29, 1.82) is 0 Å². The van der Waals surface area contributed by atoms with Crippen LogP contribution < -0.4 is 0 Å². The Morgan fingerprint density at radius 2 is 2.33 bits per heavy atom. The molecule has 1 aliphatic rings. The molecule has 1 rings (SSSR count). The zero-order chi connectivity index (χ0) is 9.19. The fourth-order valence-corrected chi connectivity index (χ4v) is 1.57. The zero-order valence-corrected chi connectivity index (χ0v) is 8.02. The fraction of sp³-hybridized carbons (Fsp3) is 0.700. The third-order valence-corrected chi connectivity index (χ3v) is 2.25. The van der Waals surface area contributed by atoms with E-state index in [-0.39, 0.29) is 5.97 Å². The molecular formula is C10H16O2. The van der Waals surface area contributed by atoms with Gasteiger partial charge >= 0.3 is 5.97 Å². The van der Waals surface area contributed by atoms with E-state index >= 15 is 0 Å². The van der Waals surface area contributed by atoms with Gasteiger partial charge in [-0.15, -0.1) is 0 Å². The molecular weight excluding hydrogens is 152 g/mol. The molecule has 0 bridgehead atoms. The lowest BCUT2D eigenvalue weighted by molar-refractivity contribution is -0.139. The van der Waals surface area contributed by atoms with E-state index in [0.29, 0.717) is 11.8 Å². The van der Waals surface area contributed by atoms with Crippen LogP contribution in [-0.4, -0.2) is 13.1 Å². The van der Waals surface area contributed by atoms with Crippen molar-refractivity contribution < 1.29 is 9.53 Å². The molecule has 0 saturated carbocycles. The summed E-state index contributed by atoms with van der Waals surface area (Å²) in [6, 6.07) is 0. The molecule has 1 aliphatic carbocycles. The first-order chi connectivity index (χ1) is 5.53. The van der Waals surface area contributed by atoms with E-state index < -0.39 is 0 Å². The van der Waals surface area contributed by atoms with E-state index in [4.69, 9.17) is 0 Å². The van der Waals surface area contributed by atoms with Crippen molar-refractivity contribution in [3.63, 3.8) is 0 Å². The summed E-state index contributed by atoms with van der Waals surface area (Å²) in [5.41, 5.74) is 1.58. The molecule has 2 heteroatoms. The molecule has 0 aromatic heterocycles. The summed E-state index contributed by atoms with van der Waals surface area (Å²) in [5.74, 6) is -0.126. The Kier molecular flexibility index (Phi) is 2.55. The molecule has 12 heavy (non-hydrogen) atoms. The lowest BCUT2D eigenvalue weighted by atomic mass is 9.89. The highest BCUT2D eigenvalue weighted by Crippen LogP contribution is 2.37. The second-order valence-electron chi connectivity index (χ2n) is 4.16. The van der Waals surface area contributed by atoms with Gasteiger partial charge in [-0.25, -0.2) is 0 Å². The molecule has 0 spiro atoms. The Morgan fingerprint density at radius 3 is 2.75 bits per heavy atom. The number of carbonyl (C=O) groups excluding carboxylic acids is 1. The Balaban J connectivity index is 2.42. The van der Waals surface area contributed by atoms with Crippen LogP contribution in [0.2, 0.25) is 0 Å². The van der Waals surface area contributed by atoms with Crippen molar-refractivity contribution in [2.45, 2.75) is 33.1 Å². The predicted octanol–water partition coefficient (Wildman–Crippen LogP) is 2.30. The highest BCUT2D eigenvalue weighted by atomic mass is 16.5. The Hall–Kier alpha value is -0.790. The number of ether oxygens (including phenoxy) is 1. The first kappa shape index (κ1) is 9.30. The van der Waals surface area contributed by atoms with Crippen molar-refractivity contribution in [1.82, 2.24) is 0 Å². The molecule has 0 saturated heterocycles. The van der Waals surface area contributed by atoms with Crippen molar-refractivity contribution in [3.8, 4) is 0 Å². The first-order valence-corrected chi connectivity index (χ1v) is 4.28. The van der Waals surface area contributed by atoms with Crippen LogP contribution in [0.1, 0.15) is 33.1 Å². The number of allylic oxidation sites excluding steroid dienone is 1. The van der Waals surface area contributed by atoms with Crippen molar-refractivity contribution in [2.24, 2.45) is 5.41 Å². The highest BCUT2D eigenvalue weighted by molar-refractivity contribution is 5.72. The van der Waals surface area contributed by atoms with Gasteiger partial charge in [0.2, 0.25) is 0 Å². The Labute approximate surface area is 73.6 Å². The van der Waals surface area contributed by atoms with Crippen molar-refractivity contribution in [3.05, 3.63) is 11.6 Å². The molecule has 0 radical (unpaired) electrons. The molecule has 0 aromatic carbocycles. The van der Waals surface area contributed by atoms with E-state index in [1.807, 2.05) is 0 Å². The van der Waals surface area contributed by atoms with Crippen LogP contribution in [0.15, 0.2) is 11.6 Å². The van der Waals surface area contributed by atoms with Gasteiger partial charge < -0.3 is 4.74 Å². The summed E-state index contributed by atoms with van der Waals surface area (Å²) in [4.78, 5) is 10.9. The second kappa shape index (κ2) is 3.30. The minimum absolute atomic E-state index is 0.126. The van der Waals surface area contributed by atoms with Crippen molar-refractivity contribution >= 4 is 5.97 Å². The van der Waals surface area contributed by atoms with Gasteiger partial charge in [0.15, 0.2) is 0 Å². The second-order valence-corrected chi connectivity index (χ2v) is 4.16. The van der Waals surface area contributed by atoms with Crippen molar-refractivity contribution in [2.75, 3.05) is 7.11 Å². The molecule has 0 aliphatic heterocycles. The first-order valence-electron chi connectivity index (χ1n) is 4.28. The Bertz CT molecular complexity index is 214. The molecule has 0 atom stereocenters. The van der Waals surface area contributed by atoms with Gasteiger partial charge in [-0.2, -0.15) is 0 Å². The number of carbonyl (C=O) groups is 1. The van der Waals surface area contributed by atoms with Crippen LogP contribution in [0.25, 0.3) is 0 Å². The summed E-state index contributed by atoms with van der Waals surface area (Å²) < 4.78 is 4.60. The van der Waals surface area contributed by atoms with E-state index in [1.54, 1.807) is 0 Å². The molecule has 0 fully saturated rings. The van der Waals surface area contributed by atoms with Crippen LogP contribution in [0, 0.1) is 5.41 Å². The number of hydrogen-bond acceptors (Lipinski definition) is 2. The highest BCUT2D eigenvalue weighted by Gasteiger charge is 2.25. The summed E-state index contributed by atoms with van der Waals surface area (Å²) in [6.45, 7) is 4.43. The maximum atomic E-state index is 10.9. The fourth-order valence-electron chi connectivity index (χ4n) is 1.57. The number of methoxy groups -OCH3 is 1. The summed E-state index contributed by atoms with van der Waals surface area (Å²) >= 11 is 0. The third kappa shape index (κ3) is 2.36. The molecule has 2 nitrogen and oxygen atoms in total. The van der Waals surface area contributed by atoms with Gasteiger partial charge in [0.05, 0.1) is 13.5 Å². The van der Waals surface area contributed by atoms with Crippen LogP contribution in [0.3, 0.4) is 0 Å². The topological polar surface area (TPSA) is 26.3 Å². The number of hydrogen-bond donors (Lipinski definition) is 0. The van der Waals surface area contributed by atoms with E-state index in [1.165, 1.54) is 12.7 Å². The predicted molar refractivity (Wildman–Crippen MR) is 47.7 cm³/mol. The van der Waals surface area contributed by atoms with Crippen LogP contribution in [-0.2, 0) is 9.53 Å². The van der Waals surface area contributed by atoms with E-state index in [9.17, 15) is 4.79 Å². The largest absolute Gasteiger partial charge is 0.469 e. The van der Waals surface area contributed by atoms with Gasteiger partial charge in [-0.3, -0.25) is 4.79 Å². The summed E-state index contributed by atoms with van der Waals surface area (Å²) in [5, 5.41) is 0. The van der Waals surface area contributed by atoms with Crippen LogP contribution in [0.4, 0.5) is 0 Å². The molecule has 0 aromatic rings. The Morgan fingerprint density at radius 1 is 1.67 bits per heavy atom. The van der Waals surface area contributed by atoms with Crippen LogP contribution >= 0.6 is 0 Å². The third-order valence-electron chi connectivity index (χ3n) is 2.25. The summed E-state index contributed by atoms with van der Waals surface area (Å²) in [6.07, 6.45) is 4.75. The molecule has 0 amide bonds. The molecule has 0 N–H and O–H groups in total. The quantitative estimate of drug-likeness (QED) is 0.467. The maximum absolute atomic E-state index is 10.9. The summed E-state index contributed by atoms with van der Waals surface area (Å²) in [7, 11) is 1.43. The van der Waals surface area contributed by atoms with Gasteiger partial charge in [-0.1, -0.05) is 25.5 Å². The lowest BCUT2D eigenvalue weighted by Crippen LogP contribution is -2.07. The number of esters is 1. The minimum atomic E-state index is -0.126. The van der Waals surface area contributed by atoms with Gasteiger partial charge in [0, 0.05) is 0 Å². The van der Waals surface area contributed by atoms with Gasteiger partial charge in [0.1, 0.15) is 0 Å². The van der Waals surface area contributed by atoms with E-state index in [2.05, 4.69) is 24.7 Å². The molecule has 0 heterocycles. The van der Waals surface area contributed by atoms with Gasteiger partial charge in [0.25, 0.3) is 0 Å². The lowest BCUT2D eigenvalue weighted by Gasteiger charge is -2.16. The zero-order valence-electron chi connectivity index (χ0n) is 8.02. The molecule has 0 unspecified atom stereocenters. The minimum Gasteiger partial charge on any atom is -0.469 e. The van der Waals surface area contributed by atoms with Crippen LogP contribution in [0.5, 0.6) is 0 Å². The SMILES string of the molecule is COC(=O)CC1=CCC(C)(C)C1. The average Bonchev–Trinajstić information content (AvgIpc) is 2.30. The molecule has 68 valence electrons. The average molecular weight is 168 g/mol. The standard InChI is InChI=1S/C10H16O2/c1-10(2)5-4-8(7-10)6-9(11)12-3/h4H,5-7H2,1-3H3. The normalized spacial score (nSPS) is 20.4. The smallest absolute Gasteiger partial charge is 0.309 e.